The van der Waals surface area contributed by atoms with E-state index < -0.39 is 12.0 Å². The minimum atomic E-state index is -0.631. The zero-order chi connectivity index (χ0) is 11.0. The van der Waals surface area contributed by atoms with Crippen molar-refractivity contribution in [3.8, 4) is 0 Å². The van der Waals surface area contributed by atoms with Crippen LogP contribution in [0.15, 0.2) is 0 Å². The smallest absolute Gasteiger partial charge is 0.329 e. The molecule has 0 aliphatic heterocycles. The fourth-order valence-corrected chi connectivity index (χ4v) is 1.57. The molecule has 6 heteroatoms. The minimum Gasteiger partial charge on any atom is -0.467 e. The van der Waals surface area contributed by atoms with Crippen molar-refractivity contribution in [3.63, 3.8) is 0 Å². The van der Waals surface area contributed by atoms with Crippen LogP contribution in [0.2, 0.25) is 0 Å². The maximum atomic E-state index is 11.1. The van der Waals surface area contributed by atoms with Gasteiger partial charge in [0, 0.05) is 18.4 Å². The molecule has 0 fully saturated rings. The van der Waals surface area contributed by atoms with Gasteiger partial charge in [-0.05, 0) is 0 Å². The summed E-state index contributed by atoms with van der Waals surface area (Å²) in [7, 11) is 1.27. The van der Waals surface area contributed by atoms with Gasteiger partial charge in [0.2, 0.25) is 5.91 Å². The van der Waals surface area contributed by atoms with Gasteiger partial charge in [0.05, 0.1) is 13.7 Å². The standard InChI is InChI=1S/C8H15NO4S/c1-6(11)9-7(8(12)13-2)5-14-4-3-10/h7,10H,3-5H2,1-2H3,(H,9,11)/t7-/m0/s1. The van der Waals surface area contributed by atoms with Crippen LogP contribution in [0.5, 0.6) is 0 Å². The van der Waals surface area contributed by atoms with Gasteiger partial charge in [0.15, 0.2) is 0 Å². The average molecular weight is 221 g/mol. The first-order valence-corrected chi connectivity index (χ1v) is 5.30. The van der Waals surface area contributed by atoms with Crippen LogP contribution in [0.1, 0.15) is 6.92 Å². The molecule has 0 unspecified atom stereocenters. The van der Waals surface area contributed by atoms with Crippen molar-refractivity contribution < 1.29 is 19.4 Å². The summed E-state index contributed by atoms with van der Waals surface area (Å²) in [4.78, 5) is 21.9. The van der Waals surface area contributed by atoms with E-state index in [1.165, 1.54) is 25.8 Å². The van der Waals surface area contributed by atoms with Crippen LogP contribution < -0.4 is 5.32 Å². The van der Waals surface area contributed by atoms with E-state index in [-0.39, 0.29) is 12.5 Å². The molecule has 0 aliphatic rings. The van der Waals surface area contributed by atoms with Gasteiger partial charge in [-0.25, -0.2) is 4.79 Å². The molecule has 0 aromatic heterocycles. The number of carbonyl (C=O) groups is 2. The summed E-state index contributed by atoms with van der Waals surface area (Å²) in [6.07, 6.45) is 0. The summed E-state index contributed by atoms with van der Waals surface area (Å²) >= 11 is 1.38. The lowest BCUT2D eigenvalue weighted by Gasteiger charge is -2.14. The van der Waals surface area contributed by atoms with E-state index in [4.69, 9.17) is 5.11 Å². The van der Waals surface area contributed by atoms with Crippen LogP contribution in [0, 0.1) is 0 Å². The second-order valence-electron chi connectivity index (χ2n) is 2.57. The number of hydrogen-bond donors (Lipinski definition) is 2. The van der Waals surface area contributed by atoms with Crippen molar-refractivity contribution in [1.29, 1.82) is 0 Å². The van der Waals surface area contributed by atoms with Crippen molar-refractivity contribution in [1.82, 2.24) is 5.32 Å². The normalized spacial score (nSPS) is 11.9. The molecule has 0 saturated carbocycles. The Morgan fingerprint density at radius 3 is 2.64 bits per heavy atom. The largest absolute Gasteiger partial charge is 0.467 e. The van der Waals surface area contributed by atoms with E-state index in [2.05, 4.69) is 10.1 Å². The lowest BCUT2D eigenvalue weighted by molar-refractivity contribution is -0.144. The van der Waals surface area contributed by atoms with Gasteiger partial charge >= 0.3 is 5.97 Å². The third-order valence-corrected chi connectivity index (χ3v) is 2.42. The summed E-state index contributed by atoms with van der Waals surface area (Å²) in [6.45, 7) is 1.39. The Bertz CT molecular complexity index is 198. The van der Waals surface area contributed by atoms with Crippen LogP contribution in [0.25, 0.3) is 0 Å². The van der Waals surface area contributed by atoms with E-state index in [1.54, 1.807) is 0 Å². The molecule has 0 saturated heterocycles. The number of rotatable bonds is 6. The fraction of sp³-hybridized carbons (Fsp3) is 0.750. The van der Waals surface area contributed by atoms with Crippen LogP contribution in [0.3, 0.4) is 0 Å². The van der Waals surface area contributed by atoms with Gasteiger partial charge < -0.3 is 15.2 Å². The molecule has 0 bridgehead atoms. The van der Waals surface area contributed by atoms with E-state index >= 15 is 0 Å². The predicted octanol–water partition coefficient (Wildman–Crippen LogP) is -0.610. The number of hydrogen-bond acceptors (Lipinski definition) is 5. The van der Waals surface area contributed by atoms with Crippen molar-refractivity contribution >= 4 is 23.6 Å². The predicted molar refractivity (Wildman–Crippen MR) is 54.0 cm³/mol. The first kappa shape index (κ1) is 13.2. The van der Waals surface area contributed by atoms with Crippen LogP contribution in [-0.4, -0.2) is 48.2 Å². The number of methoxy groups -OCH3 is 1. The number of esters is 1. The van der Waals surface area contributed by atoms with Crippen LogP contribution in [-0.2, 0) is 14.3 Å². The van der Waals surface area contributed by atoms with Crippen molar-refractivity contribution in [3.05, 3.63) is 0 Å². The highest BCUT2D eigenvalue weighted by Crippen LogP contribution is 2.03. The number of nitrogens with one attached hydrogen (secondary N) is 1. The van der Waals surface area contributed by atoms with Gasteiger partial charge in [-0.15, -0.1) is 0 Å². The Morgan fingerprint density at radius 2 is 2.21 bits per heavy atom. The Balaban J connectivity index is 3.97. The molecule has 1 atom stereocenters. The van der Waals surface area contributed by atoms with Gasteiger partial charge in [0.25, 0.3) is 0 Å². The second-order valence-corrected chi connectivity index (χ2v) is 3.72. The molecule has 14 heavy (non-hydrogen) atoms. The topological polar surface area (TPSA) is 75.6 Å². The Morgan fingerprint density at radius 1 is 1.57 bits per heavy atom. The summed E-state index contributed by atoms with van der Waals surface area (Å²) in [5, 5.41) is 11.0. The fourth-order valence-electron chi connectivity index (χ4n) is 0.822. The Labute approximate surface area is 87.2 Å². The molecule has 1 amide bonds. The maximum Gasteiger partial charge on any atom is 0.329 e. The van der Waals surface area contributed by atoms with Crippen molar-refractivity contribution in [2.24, 2.45) is 0 Å². The van der Waals surface area contributed by atoms with E-state index in [9.17, 15) is 9.59 Å². The number of aliphatic hydroxyl groups is 1. The quantitative estimate of drug-likeness (QED) is 0.462. The first-order chi connectivity index (χ1) is 6.61. The van der Waals surface area contributed by atoms with Gasteiger partial charge in [-0.2, -0.15) is 11.8 Å². The van der Waals surface area contributed by atoms with Gasteiger partial charge in [0.1, 0.15) is 6.04 Å². The SMILES string of the molecule is COC(=O)[C@H](CSCCO)NC(C)=O. The number of thioether (sulfide) groups is 1. The highest BCUT2D eigenvalue weighted by molar-refractivity contribution is 7.99. The monoisotopic (exact) mass is 221 g/mol. The van der Waals surface area contributed by atoms with Crippen LogP contribution in [0.4, 0.5) is 0 Å². The Kier molecular flexibility index (Phi) is 7.23. The molecule has 0 aromatic carbocycles. The highest BCUT2D eigenvalue weighted by atomic mass is 32.2. The lowest BCUT2D eigenvalue weighted by atomic mass is 10.3. The third-order valence-electron chi connectivity index (χ3n) is 1.38. The van der Waals surface area contributed by atoms with Crippen molar-refractivity contribution in [2.45, 2.75) is 13.0 Å². The van der Waals surface area contributed by atoms with E-state index in [1.807, 2.05) is 0 Å². The highest BCUT2D eigenvalue weighted by Gasteiger charge is 2.19. The number of amides is 1. The molecule has 0 aliphatic carbocycles. The van der Waals surface area contributed by atoms with Gasteiger partial charge in [-0.3, -0.25) is 4.79 Å². The molecule has 2 N–H and O–H groups in total. The number of aliphatic hydroxyl groups excluding tert-OH is 1. The number of carbonyl (C=O) groups excluding carboxylic acids is 2. The summed E-state index contributed by atoms with van der Waals surface area (Å²) in [5.41, 5.74) is 0. The second kappa shape index (κ2) is 7.64. The summed E-state index contributed by atoms with van der Waals surface area (Å²) < 4.78 is 4.51. The first-order valence-electron chi connectivity index (χ1n) is 4.15. The number of ether oxygens (including phenoxy) is 1. The molecule has 0 rings (SSSR count). The average Bonchev–Trinajstić information content (AvgIpc) is 2.15. The van der Waals surface area contributed by atoms with E-state index in [0.29, 0.717) is 11.5 Å². The lowest BCUT2D eigenvalue weighted by Crippen LogP contribution is -2.42. The zero-order valence-corrected chi connectivity index (χ0v) is 9.10. The van der Waals surface area contributed by atoms with Crippen LogP contribution >= 0.6 is 11.8 Å². The molecular weight excluding hydrogens is 206 g/mol. The molecule has 0 heterocycles. The molecule has 5 nitrogen and oxygen atoms in total. The minimum absolute atomic E-state index is 0.0542. The van der Waals surface area contributed by atoms with Crippen molar-refractivity contribution in [2.75, 3.05) is 25.2 Å². The summed E-state index contributed by atoms with van der Waals surface area (Å²) in [6, 6.07) is -0.631. The Hall–Kier alpha value is -0.750. The summed E-state index contributed by atoms with van der Waals surface area (Å²) in [5.74, 6) is 0.204. The molecule has 0 aromatic rings. The molecule has 0 radical (unpaired) electrons. The molecule has 82 valence electrons. The maximum absolute atomic E-state index is 11.1. The van der Waals surface area contributed by atoms with Gasteiger partial charge in [-0.1, -0.05) is 0 Å². The third kappa shape index (κ3) is 5.82. The zero-order valence-electron chi connectivity index (χ0n) is 8.28. The van der Waals surface area contributed by atoms with E-state index in [0.717, 1.165) is 0 Å². The molecule has 0 spiro atoms. The molecular formula is C8H15NO4S.